The lowest BCUT2D eigenvalue weighted by atomic mass is 10.1. The number of nitrogens with one attached hydrogen (secondary N) is 1. The van der Waals surface area contributed by atoms with E-state index in [1.165, 1.54) is 5.56 Å². The molecule has 2 heterocycles. The number of rotatable bonds is 3. The van der Waals surface area contributed by atoms with Gasteiger partial charge in [-0.3, -0.25) is 10.1 Å². The topological polar surface area (TPSA) is 86.5 Å². The molecule has 7 heteroatoms. The van der Waals surface area contributed by atoms with Crippen molar-refractivity contribution in [3.63, 3.8) is 0 Å². The summed E-state index contributed by atoms with van der Waals surface area (Å²) in [6.45, 7) is 5.01. The lowest BCUT2D eigenvalue weighted by Gasteiger charge is -2.18. The maximum absolute atomic E-state index is 12.4. The van der Waals surface area contributed by atoms with Crippen LogP contribution in [-0.4, -0.2) is 29.3 Å². The molecule has 0 bridgehead atoms. The van der Waals surface area contributed by atoms with E-state index in [1.54, 1.807) is 18.2 Å². The largest absolute Gasteiger partial charge is 0.486 e. The van der Waals surface area contributed by atoms with Crippen LogP contribution >= 0.6 is 0 Å². The van der Waals surface area contributed by atoms with Gasteiger partial charge in [0.05, 0.1) is 0 Å². The van der Waals surface area contributed by atoms with E-state index in [1.807, 2.05) is 32.0 Å². The third-order valence-corrected chi connectivity index (χ3v) is 4.20. The lowest BCUT2D eigenvalue weighted by molar-refractivity contribution is 0.102. The van der Waals surface area contributed by atoms with Gasteiger partial charge in [-0.2, -0.15) is 0 Å². The van der Waals surface area contributed by atoms with Gasteiger partial charge in [0.1, 0.15) is 13.2 Å². The molecule has 1 aliphatic rings. The van der Waals surface area contributed by atoms with Crippen molar-refractivity contribution in [3.8, 4) is 23.0 Å². The van der Waals surface area contributed by atoms with E-state index in [0.717, 1.165) is 11.1 Å². The first-order valence-corrected chi connectivity index (χ1v) is 8.22. The molecule has 2 aromatic carbocycles. The van der Waals surface area contributed by atoms with Crippen LogP contribution in [0.4, 0.5) is 6.01 Å². The van der Waals surface area contributed by atoms with Crippen molar-refractivity contribution in [1.29, 1.82) is 0 Å². The number of ether oxygens (including phenoxy) is 2. The Bertz CT molecular complexity index is 981. The van der Waals surface area contributed by atoms with Crippen molar-refractivity contribution >= 4 is 11.9 Å². The van der Waals surface area contributed by atoms with Crippen molar-refractivity contribution in [1.82, 2.24) is 10.2 Å². The van der Waals surface area contributed by atoms with Crippen molar-refractivity contribution in [2.75, 3.05) is 18.5 Å². The number of nitrogens with zero attached hydrogens (tertiary/aromatic N) is 2. The highest BCUT2D eigenvalue weighted by atomic mass is 16.6. The van der Waals surface area contributed by atoms with E-state index < -0.39 is 0 Å². The summed E-state index contributed by atoms with van der Waals surface area (Å²) in [5.41, 5.74) is 3.53. The molecule has 0 atom stereocenters. The normalized spacial score (nSPS) is 12.7. The number of aryl methyl sites for hydroxylation is 2. The molecule has 1 N–H and O–H groups in total. The Morgan fingerprint density at radius 1 is 0.962 bits per heavy atom. The molecule has 1 amide bonds. The quantitative estimate of drug-likeness (QED) is 0.778. The SMILES string of the molecule is Cc1ccc(-c2nnc(NC(=O)c3ccc4c(c3)OCCO4)o2)cc1C. The van der Waals surface area contributed by atoms with Crippen molar-refractivity contribution in [2.45, 2.75) is 13.8 Å². The van der Waals surface area contributed by atoms with Gasteiger partial charge in [0, 0.05) is 11.1 Å². The zero-order valence-electron chi connectivity index (χ0n) is 14.4. The summed E-state index contributed by atoms with van der Waals surface area (Å²) in [6.07, 6.45) is 0. The van der Waals surface area contributed by atoms with E-state index >= 15 is 0 Å². The van der Waals surface area contributed by atoms with Crippen molar-refractivity contribution in [2.24, 2.45) is 0 Å². The third-order valence-electron chi connectivity index (χ3n) is 4.20. The predicted octanol–water partition coefficient (Wildman–Crippen LogP) is 3.38. The van der Waals surface area contributed by atoms with Gasteiger partial charge in [0.2, 0.25) is 5.89 Å². The molecular formula is C19H17N3O4. The number of anilines is 1. The Hall–Kier alpha value is -3.35. The minimum atomic E-state index is -0.364. The van der Waals surface area contributed by atoms with Crippen LogP contribution in [0.1, 0.15) is 21.5 Å². The maximum Gasteiger partial charge on any atom is 0.322 e. The van der Waals surface area contributed by atoms with Crippen LogP contribution in [0.25, 0.3) is 11.5 Å². The molecule has 7 nitrogen and oxygen atoms in total. The number of amides is 1. The lowest BCUT2D eigenvalue weighted by Crippen LogP contribution is -2.17. The van der Waals surface area contributed by atoms with Crippen LogP contribution in [0.3, 0.4) is 0 Å². The van der Waals surface area contributed by atoms with Crippen LogP contribution in [0.15, 0.2) is 40.8 Å². The Morgan fingerprint density at radius 3 is 2.58 bits per heavy atom. The number of hydrogen-bond donors (Lipinski definition) is 1. The summed E-state index contributed by atoms with van der Waals surface area (Å²) in [4.78, 5) is 12.4. The molecule has 0 fully saturated rings. The zero-order valence-corrected chi connectivity index (χ0v) is 14.4. The molecular weight excluding hydrogens is 334 g/mol. The highest BCUT2D eigenvalue weighted by molar-refractivity contribution is 6.03. The summed E-state index contributed by atoms with van der Waals surface area (Å²) < 4.78 is 16.5. The third kappa shape index (κ3) is 3.11. The van der Waals surface area contributed by atoms with Gasteiger partial charge in [0.25, 0.3) is 5.91 Å². The number of benzene rings is 2. The molecule has 1 aliphatic heterocycles. The van der Waals surface area contributed by atoms with Gasteiger partial charge >= 0.3 is 6.01 Å². The Labute approximate surface area is 150 Å². The van der Waals surface area contributed by atoms with E-state index in [9.17, 15) is 4.79 Å². The highest BCUT2D eigenvalue weighted by Gasteiger charge is 2.17. The molecule has 0 saturated carbocycles. The molecule has 26 heavy (non-hydrogen) atoms. The average molecular weight is 351 g/mol. The number of aromatic nitrogens is 2. The molecule has 0 radical (unpaired) electrons. The number of carbonyl (C=O) groups excluding carboxylic acids is 1. The molecule has 1 aromatic heterocycles. The van der Waals surface area contributed by atoms with Crippen molar-refractivity contribution in [3.05, 3.63) is 53.1 Å². The fraction of sp³-hybridized carbons (Fsp3) is 0.211. The first-order chi connectivity index (χ1) is 12.6. The van der Waals surface area contributed by atoms with Gasteiger partial charge < -0.3 is 13.9 Å². The van der Waals surface area contributed by atoms with Gasteiger partial charge in [-0.1, -0.05) is 11.2 Å². The van der Waals surface area contributed by atoms with E-state index in [2.05, 4.69) is 15.5 Å². The second kappa shape index (κ2) is 6.51. The highest BCUT2D eigenvalue weighted by Crippen LogP contribution is 2.31. The summed E-state index contributed by atoms with van der Waals surface area (Å²) in [5, 5.41) is 10.5. The Morgan fingerprint density at radius 2 is 1.77 bits per heavy atom. The van der Waals surface area contributed by atoms with Crippen LogP contribution < -0.4 is 14.8 Å². The first-order valence-electron chi connectivity index (χ1n) is 8.22. The zero-order chi connectivity index (χ0) is 18.1. The van der Waals surface area contributed by atoms with Gasteiger partial charge in [-0.25, -0.2) is 0 Å². The number of hydrogen-bond acceptors (Lipinski definition) is 6. The van der Waals surface area contributed by atoms with E-state index in [-0.39, 0.29) is 11.9 Å². The standard InChI is InChI=1S/C19H17N3O4/c1-11-3-4-14(9-12(11)2)18-21-22-19(26-18)20-17(23)13-5-6-15-16(10-13)25-8-7-24-15/h3-6,9-10H,7-8H2,1-2H3,(H,20,22,23). The van der Waals surface area contributed by atoms with E-state index in [0.29, 0.717) is 36.2 Å². The van der Waals surface area contributed by atoms with Crippen LogP contribution in [-0.2, 0) is 0 Å². The fourth-order valence-electron chi connectivity index (χ4n) is 2.62. The molecule has 132 valence electrons. The van der Waals surface area contributed by atoms with Crippen molar-refractivity contribution < 1.29 is 18.7 Å². The maximum atomic E-state index is 12.4. The molecule has 4 rings (SSSR count). The summed E-state index contributed by atoms with van der Waals surface area (Å²) in [5.74, 6) is 1.16. The Kier molecular flexibility index (Phi) is 4.04. The summed E-state index contributed by atoms with van der Waals surface area (Å²) >= 11 is 0. The second-order valence-corrected chi connectivity index (χ2v) is 6.02. The predicted molar refractivity (Wildman–Crippen MR) is 94.6 cm³/mol. The van der Waals surface area contributed by atoms with Crippen LogP contribution in [0.2, 0.25) is 0 Å². The molecule has 0 aliphatic carbocycles. The van der Waals surface area contributed by atoms with Crippen LogP contribution in [0, 0.1) is 13.8 Å². The monoisotopic (exact) mass is 351 g/mol. The summed E-state index contributed by atoms with van der Waals surface area (Å²) in [6, 6.07) is 10.9. The summed E-state index contributed by atoms with van der Waals surface area (Å²) in [7, 11) is 0. The van der Waals surface area contributed by atoms with Crippen LogP contribution in [0.5, 0.6) is 11.5 Å². The smallest absolute Gasteiger partial charge is 0.322 e. The van der Waals surface area contributed by atoms with Gasteiger partial charge in [0.15, 0.2) is 11.5 Å². The molecule has 0 spiro atoms. The van der Waals surface area contributed by atoms with Gasteiger partial charge in [-0.05, 0) is 55.3 Å². The number of fused-ring (bicyclic) bond motifs is 1. The molecule has 0 saturated heterocycles. The fourth-order valence-corrected chi connectivity index (χ4v) is 2.62. The minimum absolute atomic E-state index is 0.0399. The molecule has 0 unspecified atom stereocenters. The minimum Gasteiger partial charge on any atom is -0.486 e. The number of carbonyl (C=O) groups is 1. The Balaban J connectivity index is 1.52. The molecule has 3 aromatic rings. The average Bonchev–Trinajstić information content (AvgIpc) is 3.12. The second-order valence-electron chi connectivity index (χ2n) is 6.02. The first kappa shape index (κ1) is 16.1. The van der Waals surface area contributed by atoms with E-state index in [4.69, 9.17) is 13.9 Å². The van der Waals surface area contributed by atoms with Gasteiger partial charge in [-0.15, -0.1) is 5.10 Å².